The van der Waals surface area contributed by atoms with Crippen molar-refractivity contribution in [3.63, 3.8) is 0 Å². The van der Waals surface area contributed by atoms with Crippen LogP contribution < -0.4 is 28.4 Å². The molecule has 0 heterocycles. The van der Waals surface area contributed by atoms with E-state index >= 15 is 0 Å². The lowest BCUT2D eigenvalue weighted by molar-refractivity contribution is 0.0611. The molecule has 6 aromatic carbocycles. The van der Waals surface area contributed by atoms with E-state index in [1.165, 1.54) is 200 Å². The highest BCUT2D eigenvalue weighted by molar-refractivity contribution is 6.10. The number of imide groups is 1. The zero-order chi connectivity index (χ0) is 58.9. The number of hydrogen-bond acceptors (Lipinski definition) is 12. The lowest BCUT2D eigenvalue weighted by atomic mass is 10.1. The Morgan fingerprint density at radius 3 is 0.735 bits per heavy atom. The van der Waals surface area contributed by atoms with Crippen LogP contribution >= 0.6 is 0 Å². The summed E-state index contributed by atoms with van der Waals surface area (Å²) in [6, 6.07) is 37.4. The molecule has 6 rings (SSSR count). The summed E-state index contributed by atoms with van der Waals surface area (Å²) in [6.07, 6.45) is 26.3. The number of rotatable bonds is 37. The van der Waals surface area contributed by atoms with E-state index in [-0.39, 0.29) is 51.8 Å². The fourth-order valence-electron chi connectivity index (χ4n) is 9.17. The molecule has 0 aliphatic heterocycles. The minimum atomic E-state index is -0.668. The number of hydrogen-bond donors (Lipinski definition) is 0. The molecule has 0 radical (unpaired) electrons. The zero-order valence-corrected chi connectivity index (χ0v) is 48.9. The van der Waals surface area contributed by atoms with Crippen LogP contribution in [0, 0.1) is 0 Å². The van der Waals surface area contributed by atoms with Gasteiger partial charge in [0.25, 0.3) is 11.8 Å². The smallest absolute Gasteiger partial charge is 0.343 e. The first kappa shape index (κ1) is 64.1. The van der Waals surface area contributed by atoms with Gasteiger partial charge in [-0.2, -0.15) is 0 Å². The Morgan fingerprint density at radius 1 is 0.265 bits per heavy atom. The molecule has 0 fully saturated rings. The number of ether oxygens (including phenoxy) is 6. The van der Waals surface area contributed by atoms with E-state index in [2.05, 4.69) is 13.8 Å². The standard InChI is InChI=1S/C70H83NO12/c1-4-7-10-12-14-16-18-20-22-24-51-78-59-38-30-55(31-39-59)67(74)82-63-46-34-57(35-47-63)69(76)80-61-42-26-53(27-43-61)65(72)71(50-9-6-3)66(73)54-28-44-62(45-29-54)81-70(77)58-36-48-64(49-37-58)83-68(75)56-32-40-60(41-33-56)79-52-25-23-21-19-17-15-13-11-8-5-2/h26-49H,4-25,50-52H2,1-3H3. The van der Waals surface area contributed by atoms with Gasteiger partial charge in [0, 0.05) is 17.7 Å². The molecule has 0 aliphatic rings. The molecular weight excluding hydrogens is 1050 g/mol. The zero-order valence-electron chi connectivity index (χ0n) is 48.9. The minimum absolute atomic E-state index is 0.153. The predicted octanol–water partition coefficient (Wildman–Crippen LogP) is 17.2. The van der Waals surface area contributed by atoms with Crippen LogP contribution in [0.4, 0.5) is 0 Å². The van der Waals surface area contributed by atoms with Crippen LogP contribution in [0.3, 0.4) is 0 Å². The molecule has 0 atom stereocenters. The van der Waals surface area contributed by atoms with E-state index in [4.69, 9.17) is 28.4 Å². The Morgan fingerprint density at radius 2 is 0.482 bits per heavy atom. The Bertz CT molecular complexity index is 2700. The van der Waals surface area contributed by atoms with Crippen molar-refractivity contribution in [1.29, 1.82) is 0 Å². The topological polar surface area (TPSA) is 161 Å². The van der Waals surface area contributed by atoms with Gasteiger partial charge in [0.2, 0.25) is 0 Å². The highest BCUT2D eigenvalue weighted by Crippen LogP contribution is 2.24. The van der Waals surface area contributed by atoms with Gasteiger partial charge in [-0.3, -0.25) is 14.5 Å². The highest BCUT2D eigenvalue weighted by atomic mass is 16.5. The third-order valence-corrected chi connectivity index (χ3v) is 14.2. The number of unbranched alkanes of at least 4 members (excludes halogenated alkanes) is 19. The first-order valence-corrected chi connectivity index (χ1v) is 30.2. The molecule has 0 saturated heterocycles. The van der Waals surface area contributed by atoms with Crippen molar-refractivity contribution in [2.75, 3.05) is 19.8 Å². The number of benzene rings is 6. The van der Waals surface area contributed by atoms with Crippen LogP contribution in [-0.2, 0) is 0 Å². The van der Waals surface area contributed by atoms with E-state index in [1.807, 2.05) is 6.92 Å². The summed E-state index contributed by atoms with van der Waals surface area (Å²) in [4.78, 5) is 80.8. The summed E-state index contributed by atoms with van der Waals surface area (Å²) in [5.74, 6) is -1.31. The Labute approximate surface area is 491 Å². The quantitative estimate of drug-likeness (QED) is 0.0157. The van der Waals surface area contributed by atoms with Crippen LogP contribution in [0.25, 0.3) is 0 Å². The SMILES string of the molecule is CCCCCCCCCCCCOc1ccc(C(=O)Oc2ccc(C(=O)Oc3ccc(C(=O)N(CCCC)C(=O)c4ccc(OC(=O)c5ccc(OC(=O)c6ccc(OCCCCCCCCCCCC)cc6)cc5)cc4)cc3)cc2)cc1. The molecule has 13 heteroatoms. The van der Waals surface area contributed by atoms with E-state index in [1.54, 1.807) is 48.5 Å². The molecular formula is C70H83NO12. The summed E-state index contributed by atoms with van der Waals surface area (Å²) in [6.45, 7) is 7.83. The molecule has 0 bridgehead atoms. The molecule has 2 amide bonds. The second kappa shape index (κ2) is 36.4. The lowest BCUT2D eigenvalue weighted by Crippen LogP contribution is -2.37. The van der Waals surface area contributed by atoms with Crippen molar-refractivity contribution in [3.05, 3.63) is 179 Å². The summed E-state index contributed by atoms with van der Waals surface area (Å²) < 4.78 is 34.0. The lowest BCUT2D eigenvalue weighted by Gasteiger charge is -2.21. The molecule has 6 aromatic rings. The summed E-state index contributed by atoms with van der Waals surface area (Å²) in [5, 5.41) is 0. The average Bonchev–Trinajstić information content (AvgIpc) is 3.57. The first-order valence-electron chi connectivity index (χ1n) is 30.2. The fourth-order valence-corrected chi connectivity index (χ4v) is 9.17. The van der Waals surface area contributed by atoms with Gasteiger partial charge < -0.3 is 28.4 Å². The number of amides is 2. The Hall–Kier alpha value is -8.06. The van der Waals surface area contributed by atoms with Crippen molar-refractivity contribution in [3.8, 4) is 34.5 Å². The van der Waals surface area contributed by atoms with E-state index in [0.717, 1.165) is 37.0 Å². The van der Waals surface area contributed by atoms with Gasteiger partial charge in [-0.25, -0.2) is 19.2 Å². The molecule has 0 spiro atoms. The van der Waals surface area contributed by atoms with Crippen LogP contribution in [0.1, 0.15) is 224 Å². The van der Waals surface area contributed by atoms with Crippen LogP contribution in [0.5, 0.6) is 34.5 Å². The first-order chi connectivity index (χ1) is 40.5. The fraction of sp³-hybridized carbons (Fsp3) is 0.400. The molecule has 0 aromatic heterocycles. The third-order valence-electron chi connectivity index (χ3n) is 14.2. The predicted molar refractivity (Wildman–Crippen MR) is 323 cm³/mol. The monoisotopic (exact) mass is 1130 g/mol. The molecule has 13 nitrogen and oxygen atoms in total. The average molecular weight is 1130 g/mol. The van der Waals surface area contributed by atoms with Gasteiger partial charge in [0.15, 0.2) is 0 Å². The number of nitrogens with zero attached hydrogens (tertiary/aromatic N) is 1. The van der Waals surface area contributed by atoms with Gasteiger partial charge in [-0.05, 0) is 165 Å². The number of carbonyl (C=O) groups excluding carboxylic acids is 6. The summed E-state index contributed by atoms with van der Waals surface area (Å²) in [7, 11) is 0. The third kappa shape index (κ3) is 22.7. The molecule has 440 valence electrons. The maximum absolute atomic E-state index is 13.8. The second-order valence-electron chi connectivity index (χ2n) is 20.9. The largest absolute Gasteiger partial charge is 0.494 e. The Kier molecular flexibility index (Phi) is 28.1. The van der Waals surface area contributed by atoms with Crippen molar-refractivity contribution in [1.82, 2.24) is 4.90 Å². The van der Waals surface area contributed by atoms with Gasteiger partial charge in [-0.1, -0.05) is 143 Å². The van der Waals surface area contributed by atoms with Crippen LogP contribution in [0.15, 0.2) is 146 Å². The molecule has 83 heavy (non-hydrogen) atoms. The summed E-state index contributed by atoms with van der Waals surface area (Å²) in [5.41, 5.74) is 1.53. The number of esters is 4. The van der Waals surface area contributed by atoms with Crippen LogP contribution in [0.2, 0.25) is 0 Å². The van der Waals surface area contributed by atoms with E-state index < -0.39 is 35.7 Å². The van der Waals surface area contributed by atoms with Gasteiger partial charge >= 0.3 is 23.9 Å². The van der Waals surface area contributed by atoms with Crippen molar-refractivity contribution >= 4 is 35.7 Å². The van der Waals surface area contributed by atoms with Crippen molar-refractivity contribution < 1.29 is 57.2 Å². The highest BCUT2D eigenvalue weighted by Gasteiger charge is 2.25. The van der Waals surface area contributed by atoms with Crippen molar-refractivity contribution in [2.45, 2.75) is 162 Å². The van der Waals surface area contributed by atoms with Gasteiger partial charge in [0.05, 0.1) is 35.5 Å². The number of carbonyl (C=O) groups is 6. The molecule has 0 saturated carbocycles. The Balaban J connectivity index is 0.901. The van der Waals surface area contributed by atoms with Crippen molar-refractivity contribution in [2.24, 2.45) is 0 Å². The maximum Gasteiger partial charge on any atom is 0.343 e. The molecule has 0 unspecified atom stereocenters. The second-order valence-corrected chi connectivity index (χ2v) is 20.9. The van der Waals surface area contributed by atoms with Gasteiger partial charge in [-0.15, -0.1) is 0 Å². The van der Waals surface area contributed by atoms with E-state index in [0.29, 0.717) is 42.3 Å². The summed E-state index contributed by atoms with van der Waals surface area (Å²) >= 11 is 0. The molecule has 0 N–H and O–H groups in total. The molecule has 0 aliphatic carbocycles. The van der Waals surface area contributed by atoms with E-state index in [9.17, 15) is 28.8 Å². The minimum Gasteiger partial charge on any atom is -0.494 e. The normalized spacial score (nSPS) is 10.9. The maximum atomic E-state index is 13.8. The van der Waals surface area contributed by atoms with Gasteiger partial charge in [0.1, 0.15) is 34.5 Å². The van der Waals surface area contributed by atoms with Crippen LogP contribution in [-0.4, -0.2) is 60.4 Å².